The van der Waals surface area contributed by atoms with Gasteiger partial charge >= 0.3 is 5.69 Å². The number of hydrogen-bond acceptors (Lipinski definition) is 5. The summed E-state index contributed by atoms with van der Waals surface area (Å²) in [6.45, 7) is 3.68. The minimum atomic E-state index is -0.345. The van der Waals surface area contributed by atoms with Crippen molar-refractivity contribution in [3.05, 3.63) is 15.8 Å². The van der Waals surface area contributed by atoms with Crippen molar-refractivity contribution in [2.24, 2.45) is 7.05 Å². The largest absolute Gasteiger partial charge is 0.364 e. The lowest BCUT2D eigenvalue weighted by Gasteiger charge is -2.11. The van der Waals surface area contributed by atoms with Crippen LogP contribution < -0.4 is 10.6 Å². The van der Waals surface area contributed by atoms with Gasteiger partial charge in [-0.05, 0) is 32.2 Å². The van der Waals surface area contributed by atoms with E-state index in [-0.39, 0.29) is 10.6 Å². The van der Waals surface area contributed by atoms with Crippen molar-refractivity contribution in [1.29, 1.82) is 0 Å². The van der Waals surface area contributed by atoms with Gasteiger partial charge in [-0.25, -0.2) is 4.68 Å². The molecule has 1 fully saturated rings. The summed E-state index contributed by atoms with van der Waals surface area (Å²) >= 11 is 0. The first-order chi connectivity index (χ1) is 9.13. The highest BCUT2D eigenvalue weighted by Crippen LogP contribution is 2.28. The fourth-order valence-electron chi connectivity index (χ4n) is 2.56. The summed E-state index contributed by atoms with van der Waals surface area (Å²) in [5.41, 5.74) is 0.651. The second-order valence-electron chi connectivity index (χ2n) is 4.89. The highest BCUT2D eigenvalue weighted by atomic mass is 16.6. The lowest BCUT2D eigenvalue weighted by molar-refractivity contribution is -0.384. The Kier molecular flexibility index (Phi) is 4.36. The van der Waals surface area contributed by atoms with Crippen LogP contribution >= 0.6 is 0 Å². The van der Waals surface area contributed by atoms with Crippen LogP contribution in [0.4, 0.5) is 11.5 Å². The fraction of sp³-hybridized carbons (Fsp3) is 0.750. The number of nitrogens with one attached hydrogen (secondary N) is 2. The average Bonchev–Trinajstić information content (AvgIpc) is 2.97. The van der Waals surface area contributed by atoms with Crippen LogP contribution in [-0.2, 0) is 13.5 Å². The van der Waals surface area contributed by atoms with Crippen LogP contribution in [0, 0.1) is 10.1 Å². The summed E-state index contributed by atoms with van der Waals surface area (Å²) in [4.78, 5) is 10.8. The number of nitro groups is 1. The first-order valence-corrected chi connectivity index (χ1v) is 6.81. The number of aryl methyl sites for hydroxylation is 2. The maximum Gasteiger partial charge on any atom is 0.333 e. The zero-order valence-electron chi connectivity index (χ0n) is 11.5. The zero-order valence-corrected chi connectivity index (χ0v) is 11.5. The Hall–Kier alpha value is -1.63. The van der Waals surface area contributed by atoms with Crippen molar-refractivity contribution in [3.8, 4) is 0 Å². The van der Waals surface area contributed by atoms with Gasteiger partial charge in [-0.15, -0.1) is 0 Å². The van der Waals surface area contributed by atoms with Gasteiger partial charge in [-0.3, -0.25) is 10.1 Å². The molecule has 0 spiro atoms. The number of anilines is 1. The van der Waals surface area contributed by atoms with Crippen molar-refractivity contribution in [2.75, 3.05) is 18.4 Å². The lowest BCUT2D eigenvalue weighted by atomic mass is 10.1. The smallest absolute Gasteiger partial charge is 0.333 e. The third-order valence-electron chi connectivity index (χ3n) is 3.56. The predicted molar refractivity (Wildman–Crippen MR) is 73.4 cm³/mol. The summed E-state index contributed by atoms with van der Waals surface area (Å²) in [6.07, 6.45) is 3.95. The molecule has 2 heterocycles. The van der Waals surface area contributed by atoms with Gasteiger partial charge in [0.05, 0.1) is 4.92 Å². The third kappa shape index (κ3) is 3.04. The molecule has 1 aromatic rings. The average molecular weight is 267 g/mol. The van der Waals surface area contributed by atoms with E-state index in [1.54, 1.807) is 11.7 Å². The van der Waals surface area contributed by atoms with Gasteiger partial charge in [0.25, 0.3) is 0 Å². The van der Waals surface area contributed by atoms with E-state index in [0.29, 0.717) is 24.0 Å². The highest BCUT2D eigenvalue weighted by molar-refractivity contribution is 5.59. The highest BCUT2D eigenvalue weighted by Gasteiger charge is 2.25. The topological polar surface area (TPSA) is 85.0 Å². The van der Waals surface area contributed by atoms with Crippen LogP contribution in [0.3, 0.4) is 0 Å². The minimum Gasteiger partial charge on any atom is -0.364 e. The predicted octanol–water partition coefficient (Wildman–Crippen LogP) is 1.44. The molecule has 0 aliphatic carbocycles. The van der Waals surface area contributed by atoms with E-state index in [2.05, 4.69) is 15.7 Å². The first kappa shape index (κ1) is 13.8. The minimum absolute atomic E-state index is 0.115. The van der Waals surface area contributed by atoms with Crippen LogP contribution in [0.2, 0.25) is 0 Å². The zero-order chi connectivity index (χ0) is 13.8. The van der Waals surface area contributed by atoms with Crippen LogP contribution in [0.15, 0.2) is 0 Å². The second kappa shape index (κ2) is 6.01. The number of nitrogens with zero attached hydrogens (tertiary/aromatic N) is 3. The summed E-state index contributed by atoms with van der Waals surface area (Å²) in [5, 5.41) is 21.9. The van der Waals surface area contributed by atoms with E-state index in [0.717, 1.165) is 19.5 Å². The Labute approximate surface area is 112 Å². The van der Waals surface area contributed by atoms with E-state index in [9.17, 15) is 10.1 Å². The molecule has 0 radical (unpaired) electrons. The Balaban J connectivity index is 2.02. The van der Waals surface area contributed by atoms with Crippen molar-refractivity contribution >= 4 is 11.5 Å². The van der Waals surface area contributed by atoms with E-state index in [1.165, 1.54) is 12.8 Å². The Morgan fingerprint density at radius 2 is 2.42 bits per heavy atom. The van der Waals surface area contributed by atoms with Crippen LogP contribution in [0.25, 0.3) is 0 Å². The van der Waals surface area contributed by atoms with Gasteiger partial charge < -0.3 is 10.6 Å². The molecule has 1 aromatic heterocycles. The standard InChI is InChI=1S/C12H21N5O2/c1-3-10-11(17(18)19)12(16(2)15-10)14-8-6-9-5-4-7-13-9/h9,13-14H,3-8H2,1-2H3/t9-/m0/s1. The maximum absolute atomic E-state index is 11.1. The monoisotopic (exact) mass is 267 g/mol. The molecule has 2 N–H and O–H groups in total. The summed E-state index contributed by atoms with van der Waals surface area (Å²) < 4.78 is 1.57. The fourth-order valence-corrected chi connectivity index (χ4v) is 2.56. The Morgan fingerprint density at radius 3 is 3.00 bits per heavy atom. The van der Waals surface area contributed by atoms with E-state index in [1.807, 2.05) is 6.92 Å². The number of rotatable bonds is 6. The molecule has 7 nitrogen and oxygen atoms in total. The first-order valence-electron chi connectivity index (χ1n) is 6.81. The molecule has 0 saturated carbocycles. The molecule has 1 aliphatic heterocycles. The Morgan fingerprint density at radius 1 is 1.63 bits per heavy atom. The SMILES string of the molecule is CCc1nn(C)c(NCC[C@@H]2CCCN2)c1[N+](=O)[O-]. The summed E-state index contributed by atoms with van der Waals surface area (Å²) in [6, 6.07) is 0.533. The molecule has 0 unspecified atom stereocenters. The molecule has 1 aliphatic rings. The number of hydrogen-bond donors (Lipinski definition) is 2. The van der Waals surface area contributed by atoms with Gasteiger partial charge in [-0.1, -0.05) is 6.92 Å². The van der Waals surface area contributed by atoms with Gasteiger partial charge in [-0.2, -0.15) is 5.10 Å². The molecule has 0 aromatic carbocycles. The van der Waals surface area contributed by atoms with Crippen LogP contribution in [0.5, 0.6) is 0 Å². The van der Waals surface area contributed by atoms with E-state index in [4.69, 9.17) is 0 Å². The molecule has 1 saturated heterocycles. The van der Waals surface area contributed by atoms with E-state index < -0.39 is 0 Å². The van der Waals surface area contributed by atoms with Crippen molar-refractivity contribution in [2.45, 2.75) is 38.6 Å². The maximum atomic E-state index is 11.1. The molecule has 7 heteroatoms. The second-order valence-corrected chi connectivity index (χ2v) is 4.89. The molecular weight excluding hydrogens is 246 g/mol. The van der Waals surface area contributed by atoms with Crippen molar-refractivity contribution in [1.82, 2.24) is 15.1 Å². The van der Waals surface area contributed by atoms with Gasteiger partial charge in [0.1, 0.15) is 5.69 Å². The summed E-state index contributed by atoms with van der Waals surface area (Å²) in [5.74, 6) is 0.514. The summed E-state index contributed by atoms with van der Waals surface area (Å²) in [7, 11) is 1.74. The molecule has 0 bridgehead atoms. The quantitative estimate of drug-likeness (QED) is 0.602. The Bertz CT molecular complexity index is 451. The normalized spacial score (nSPS) is 18.7. The molecule has 2 rings (SSSR count). The molecule has 0 amide bonds. The molecule has 19 heavy (non-hydrogen) atoms. The molecule has 1 atom stereocenters. The van der Waals surface area contributed by atoms with Crippen LogP contribution in [0.1, 0.15) is 31.9 Å². The lowest BCUT2D eigenvalue weighted by Crippen LogP contribution is -2.24. The molecule has 106 valence electrons. The van der Waals surface area contributed by atoms with Crippen LogP contribution in [-0.4, -0.2) is 33.8 Å². The van der Waals surface area contributed by atoms with Crippen molar-refractivity contribution in [3.63, 3.8) is 0 Å². The van der Waals surface area contributed by atoms with Crippen molar-refractivity contribution < 1.29 is 4.92 Å². The van der Waals surface area contributed by atoms with Gasteiger partial charge in [0, 0.05) is 19.6 Å². The van der Waals surface area contributed by atoms with Gasteiger partial charge in [0.2, 0.25) is 5.82 Å². The van der Waals surface area contributed by atoms with Gasteiger partial charge in [0.15, 0.2) is 0 Å². The number of aromatic nitrogens is 2. The third-order valence-corrected chi connectivity index (χ3v) is 3.56. The molecular formula is C12H21N5O2. The van der Waals surface area contributed by atoms with E-state index >= 15 is 0 Å².